The zero-order valence-electron chi connectivity index (χ0n) is 8.22. The molecule has 1 aliphatic heterocycles. The summed E-state index contributed by atoms with van der Waals surface area (Å²) in [5, 5.41) is 12.7. The molecule has 1 aromatic rings. The summed E-state index contributed by atoms with van der Waals surface area (Å²) in [7, 11) is 0. The molecule has 0 aliphatic carbocycles. The number of carbonyl (C=O) groups is 1. The molecule has 1 amide bonds. The van der Waals surface area contributed by atoms with E-state index in [1.165, 1.54) is 6.20 Å². The maximum atomic E-state index is 11.7. The van der Waals surface area contributed by atoms with Crippen LogP contribution in [0.5, 0.6) is 0 Å². The molecule has 0 saturated carbocycles. The van der Waals surface area contributed by atoms with Gasteiger partial charge in [0.25, 0.3) is 5.91 Å². The second-order valence-electron chi connectivity index (χ2n) is 3.61. The molecule has 1 unspecified atom stereocenters. The van der Waals surface area contributed by atoms with Gasteiger partial charge in [-0.3, -0.25) is 9.89 Å². The van der Waals surface area contributed by atoms with Crippen LogP contribution in [0.1, 0.15) is 23.2 Å². The minimum Gasteiger partial charge on any atom is -0.348 e. The van der Waals surface area contributed by atoms with Crippen LogP contribution in [0.3, 0.4) is 0 Å². The lowest BCUT2D eigenvalue weighted by atomic mass is 10.1. The number of H-pyrrole nitrogens is 1. The predicted octanol–water partition coefficient (Wildman–Crippen LogP) is 0.545. The van der Waals surface area contributed by atoms with E-state index < -0.39 is 0 Å². The van der Waals surface area contributed by atoms with Crippen LogP contribution in [0, 0.1) is 0 Å². The minimum absolute atomic E-state index is 0.164. The molecule has 1 fully saturated rings. The molecule has 2 rings (SSSR count). The molecule has 0 spiro atoms. The van der Waals surface area contributed by atoms with Gasteiger partial charge in [-0.25, -0.2) is 0 Å². The van der Waals surface area contributed by atoms with Crippen LogP contribution in [-0.2, 0) is 0 Å². The zero-order valence-corrected chi connectivity index (χ0v) is 8.97. The molecule has 0 aromatic carbocycles. The van der Waals surface area contributed by atoms with Gasteiger partial charge in [-0.05, 0) is 19.4 Å². The first kappa shape index (κ1) is 10.4. The van der Waals surface area contributed by atoms with Crippen molar-refractivity contribution in [3.05, 3.63) is 16.9 Å². The average molecular weight is 229 g/mol. The maximum Gasteiger partial charge on any atom is 0.256 e. The lowest BCUT2D eigenvalue weighted by Crippen LogP contribution is -2.45. The van der Waals surface area contributed by atoms with Crippen molar-refractivity contribution in [1.29, 1.82) is 0 Å². The molecule has 82 valence electrons. The average Bonchev–Trinajstić information content (AvgIpc) is 2.66. The Morgan fingerprint density at radius 2 is 2.53 bits per heavy atom. The first-order valence-electron chi connectivity index (χ1n) is 4.98. The number of piperidine rings is 1. The molecular formula is C9H13ClN4O. The molecule has 1 saturated heterocycles. The van der Waals surface area contributed by atoms with E-state index in [0.29, 0.717) is 5.56 Å². The molecule has 3 N–H and O–H groups in total. The quantitative estimate of drug-likeness (QED) is 0.692. The number of rotatable bonds is 2. The summed E-state index contributed by atoms with van der Waals surface area (Å²) in [6.45, 7) is 1.85. The van der Waals surface area contributed by atoms with Crippen molar-refractivity contribution in [3.63, 3.8) is 0 Å². The smallest absolute Gasteiger partial charge is 0.256 e. The van der Waals surface area contributed by atoms with Crippen LogP contribution in [0.4, 0.5) is 0 Å². The minimum atomic E-state index is -0.164. The molecule has 1 aliphatic rings. The van der Waals surface area contributed by atoms with Crippen molar-refractivity contribution in [3.8, 4) is 0 Å². The number of carbonyl (C=O) groups excluding carboxylic acids is 1. The molecule has 2 heterocycles. The number of hydrogen-bond acceptors (Lipinski definition) is 3. The van der Waals surface area contributed by atoms with Crippen LogP contribution in [0.25, 0.3) is 0 Å². The Kier molecular flexibility index (Phi) is 3.23. The fourth-order valence-electron chi connectivity index (χ4n) is 1.67. The van der Waals surface area contributed by atoms with Gasteiger partial charge in [0.05, 0.1) is 11.8 Å². The number of aromatic amines is 1. The van der Waals surface area contributed by atoms with Crippen molar-refractivity contribution in [2.45, 2.75) is 18.9 Å². The second-order valence-corrected chi connectivity index (χ2v) is 3.99. The highest BCUT2D eigenvalue weighted by Gasteiger charge is 2.18. The Morgan fingerprint density at radius 1 is 1.67 bits per heavy atom. The van der Waals surface area contributed by atoms with Crippen molar-refractivity contribution >= 4 is 17.5 Å². The third kappa shape index (κ3) is 2.49. The van der Waals surface area contributed by atoms with Crippen LogP contribution in [-0.4, -0.2) is 35.2 Å². The molecule has 1 atom stereocenters. The highest BCUT2D eigenvalue weighted by atomic mass is 35.5. The summed E-state index contributed by atoms with van der Waals surface area (Å²) in [6.07, 6.45) is 3.53. The molecule has 5 nitrogen and oxygen atoms in total. The first-order chi connectivity index (χ1) is 7.27. The van der Waals surface area contributed by atoms with Crippen LogP contribution in [0.15, 0.2) is 6.20 Å². The summed E-state index contributed by atoms with van der Waals surface area (Å²) in [5.74, 6) is -0.164. The lowest BCUT2D eigenvalue weighted by molar-refractivity contribution is 0.0931. The number of hydrogen-bond donors (Lipinski definition) is 3. The highest BCUT2D eigenvalue weighted by molar-refractivity contribution is 6.32. The normalized spacial score (nSPS) is 21.3. The lowest BCUT2D eigenvalue weighted by Gasteiger charge is -2.23. The van der Waals surface area contributed by atoms with Crippen LogP contribution in [0.2, 0.25) is 5.15 Å². The highest BCUT2D eigenvalue weighted by Crippen LogP contribution is 2.11. The Morgan fingerprint density at radius 3 is 3.13 bits per heavy atom. The largest absolute Gasteiger partial charge is 0.348 e. The van der Waals surface area contributed by atoms with Crippen molar-refractivity contribution < 1.29 is 4.79 Å². The van der Waals surface area contributed by atoms with Gasteiger partial charge in [0.15, 0.2) is 0 Å². The molecular weight excluding hydrogens is 216 g/mol. The fourth-order valence-corrected chi connectivity index (χ4v) is 1.85. The monoisotopic (exact) mass is 228 g/mol. The van der Waals surface area contributed by atoms with Gasteiger partial charge in [0.1, 0.15) is 5.15 Å². The van der Waals surface area contributed by atoms with Crippen LogP contribution >= 0.6 is 11.6 Å². The molecule has 1 aromatic heterocycles. The van der Waals surface area contributed by atoms with Gasteiger partial charge >= 0.3 is 0 Å². The van der Waals surface area contributed by atoms with E-state index in [9.17, 15) is 4.79 Å². The molecule has 15 heavy (non-hydrogen) atoms. The summed E-state index contributed by atoms with van der Waals surface area (Å²) in [4.78, 5) is 11.7. The van der Waals surface area contributed by atoms with Gasteiger partial charge in [0.2, 0.25) is 0 Å². The summed E-state index contributed by atoms with van der Waals surface area (Å²) >= 11 is 5.76. The number of nitrogens with one attached hydrogen (secondary N) is 3. The van der Waals surface area contributed by atoms with Gasteiger partial charge in [-0.15, -0.1) is 0 Å². The summed E-state index contributed by atoms with van der Waals surface area (Å²) in [5.41, 5.74) is 0.405. The molecule has 6 heteroatoms. The van der Waals surface area contributed by atoms with Crippen molar-refractivity contribution in [1.82, 2.24) is 20.8 Å². The zero-order chi connectivity index (χ0) is 10.7. The Bertz CT molecular complexity index is 346. The summed E-state index contributed by atoms with van der Waals surface area (Å²) in [6, 6.07) is 0.192. The standard InChI is InChI=1S/C9H13ClN4O/c10-8-7(5-12-14-8)9(15)13-6-2-1-3-11-4-6/h5-6,11H,1-4H2,(H,12,14)(H,13,15). The molecule has 0 bridgehead atoms. The van der Waals surface area contributed by atoms with Gasteiger partial charge < -0.3 is 10.6 Å². The van der Waals surface area contributed by atoms with E-state index in [0.717, 1.165) is 25.9 Å². The SMILES string of the molecule is O=C(NC1CCCNC1)c1cn[nH]c1Cl. The van der Waals surface area contributed by atoms with Crippen LogP contribution < -0.4 is 10.6 Å². The van der Waals surface area contributed by atoms with E-state index in [-0.39, 0.29) is 17.1 Å². The number of nitrogens with zero attached hydrogens (tertiary/aromatic N) is 1. The Balaban J connectivity index is 1.94. The van der Waals surface area contributed by atoms with E-state index in [1.54, 1.807) is 0 Å². The van der Waals surface area contributed by atoms with Gasteiger partial charge in [0, 0.05) is 12.6 Å². The third-order valence-electron chi connectivity index (χ3n) is 2.47. The van der Waals surface area contributed by atoms with E-state index >= 15 is 0 Å². The second kappa shape index (κ2) is 4.63. The summed E-state index contributed by atoms with van der Waals surface area (Å²) < 4.78 is 0. The Labute approximate surface area is 92.6 Å². The van der Waals surface area contributed by atoms with E-state index in [4.69, 9.17) is 11.6 Å². The van der Waals surface area contributed by atoms with E-state index in [1.807, 2.05) is 0 Å². The van der Waals surface area contributed by atoms with Gasteiger partial charge in [-0.2, -0.15) is 5.10 Å². The predicted molar refractivity (Wildman–Crippen MR) is 57.0 cm³/mol. The number of amides is 1. The van der Waals surface area contributed by atoms with Crippen molar-refractivity contribution in [2.24, 2.45) is 0 Å². The third-order valence-corrected chi connectivity index (χ3v) is 2.76. The van der Waals surface area contributed by atoms with Crippen molar-refractivity contribution in [2.75, 3.05) is 13.1 Å². The van der Waals surface area contributed by atoms with E-state index in [2.05, 4.69) is 20.8 Å². The maximum absolute atomic E-state index is 11.7. The number of halogens is 1. The van der Waals surface area contributed by atoms with Gasteiger partial charge in [-0.1, -0.05) is 11.6 Å². The number of aromatic nitrogens is 2. The molecule has 0 radical (unpaired) electrons. The Hall–Kier alpha value is -1.07. The topological polar surface area (TPSA) is 69.8 Å². The fraction of sp³-hybridized carbons (Fsp3) is 0.556. The first-order valence-corrected chi connectivity index (χ1v) is 5.35.